The lowest BCUT2D eigenvalue weighted by atomic mass is 10.1. The summed E-state index contributed by atoms with van der Waals surface area (Å²) in [7, 11) is 3.16. The van der Waals surface area contributed by atoms with E-state index in [4.69, 9.17) is 15.5 Å². The molecule has 0 aliphatic heterocycles. The van der Waals surface area contributed by atoms with Gasteiger partial charge in [-0.25, -0.2) is 15.0 Å². The number of methoxy groups -OCH3 is 1. The molecule has 3 N–H and O–H groups in total. The Hall–Kier alpha value is -4.91. The number of ether oxygens (including phenoxy) is 1. The Morgan fingerprint density at radius 3 is 2.68 bits per heavy atom. The number of nitrogens with two attached hydrogens (primary N) is 1. The molecule has 3 heterocycles. The molecule has 188 valence electrons. The van der Waals surface area contributed by atoms with Crippen LogP contribution in [0.2, 0.25) is 0 Å². The van der Waals surface area contributed by atoms with Gasteiger partial charge in [-0.05, 0) is 56.5 Å². The number of hydrogen-bond acceptors (Lipinski definition) is 7. The van der Waals surface area contributed by atoms with Crippen LogP contribution < -0.4 is 15.8 Å². The number of carbonyl (C=O) groups excluding carboxylic acids is 2. The van der Waals surface area contributed by atoms with Crippen LogP contribution in [-0.2, 0) is 4.79 Å². The largest absolute Gasteiger partial charge is 0.496 e. The van der Waals surface area contributed by atoms with Gasteiger partial charge >= 0.3 is 0 Å². The zero-order valence-electron chi connectivity index (χ0n) is 21.2. The minimum Gasteiger partial charge on any atom is -0.496 e. The molecule has 0 aliphatic rings. The van der Waals surface area contributed by atoms with E-state index in [1.165, 1.54) is 12.0 Å². The molecule has 0 saturated heterocycles. The molecule has 10 heteroatoms. The summed E-state index contributed by atoms with van der Waals surface area (Å²) in [6, 6.07) is 8.36. The van der Waals surface area contributed by atoms with E-state index in [2.05, 4.69) is 27.1 Å². The number of carbonyl (C=O) groups is 2. The van der Waals surface area contributed by atoms with Gasteiger partial charge in [0.1, 0.15) is 34.4 Å². The Morgan fingerprint density at radius 2 is 1.97 bits per heavy atom. The van der Waals surface area contributed by atoms with Crippen molar-refractivity contribution < 1.29 is 14.3 Å². The molecule has 0 aliphatic carbocycles. The number of rotatable bonds is 6. The summed E-state index contributed by atoms with van der Waals surface area (Å²) >= 11 is 0. The smallest absolute Gasteiger partial charge is 0.298 e. The summed E-state index contributed by atoms with van der Waals surface area (Å²) in [5, 5.41) is 2.80. The van der Waals surface area contributed by atoms with Crippen molar-refractivity contribution in [1.82, 2.24) is 24.3 Å². The Labute approximate surface area is 214 Å². The number of amides is 2. The van der Waals surface area contributed by atoms with Crippen molar-refractivity contribution in [2.75, 3.05) is 25.2 Å². The van der Waals surface area contributed by atoms with Crippen LogP contribution in [0, 0.1) is 18.8 Å². The fraction of sp³-hybridized carbons (Fsp3) is 0.222. The van der Waals surface area contributed by atoms with Crippen LogP contribution in [0.3, 0.4) is 0 Å². The second-order valence-electron chi connectivity index (χ2n) is 8.40. The molecule has 1 atom stereocenters. The number of nitrogens with zero attached hydrogens (tertiary/aromatic N) is 5. The normalized spacial score (nSPS) is 11.4. The Morgan fingerprint density at radius 1 is 1.19 bits per heavy atom. The lowest BCUT2D eigenvalue weighted by Crippen LogP contribution is -2.29. The maximum absolute atomic E-state index is 13.0. The Bertz CT molecular complexity index is 1570. The van der Waals surface area contributed by atoms with Crippen molar-refractivity contribution in [1.29, 1.82) is 0 Å². The second kappa shape index (κ2) is 10.4. The van der Waals surface area contributed by atoms with Gasteiger partial charge in [0.15, 0.2) is 0 Å². The van der Waals surface area contributed by atoms with E-state index in [1.807, 2.05) is 24.3 Å². The molecule has 4 aromatic rings. The van der Waals surface area contributed by atoms with Crippen LogP contribution in [0.25, 0.3) is 16.8 Å². The molecule has 0 unspecified atom stereocenters. The average molecular weight is 498 g/mol. The zero-order valence-corrected chi connectivity index (χ0v) is 21.2. The van der Waals surface area contributed by atoms with E-state index in [9.17, 15) is 9.59 Å². The quantitative estimate of drug-likeness (QED) is 0.390. The van der Waals surface area contributed by atoms with Crippen LogP contribution in [0.4, 0.5) is 11.6 Å². The van der Waals surface area contributed by atoms with Gasteiger partial charge in [0.25, 0.3) is 11.8 Å². The molecule has 4 rings (SSSR count). The van der Waals surface area contributed by atoms with Gasteiger partial charge < -0.3 is 20.7 Å². The number of imidazole rings is 1. The lowest BCUT2D eigenvalue weighted by Gasteiger charge is -2.21. The SMILES string of the molecule is CC#CC(=O)N(C)[C@@H](C)c1nc(-c2ccc(C(=O)Nc3cc(C)ccn3)c(OC)c2)c2c(N)nccn12. The number of fused-ring (bicyclic) bond motifs is 1. The first-order valence-corrected chi connectivity index (χ1v) is 11.5. The van der Waals surface area contributed by atoms with E-state index in [-0.39, 0.29) is 17.6 Å². The van der Waals surface area contributed by atoms with E-state index in [0.717, 1.165) is 5.56 Å². The molecule has 0 radical (unpaired) electrons. The summed E-state index contributed by atoms with van der Waals surface area (Å²) in [5.74, 6) is 6.15. The maximum Gasteiger partial charge on any atom is 0.298 e. The number of aryl methyl sites for hydroxylation is 1. The highest BCUT2D eigenvalue weighted by Crippen LogP contribution is 2.34. The molecule has 3 aromatic heterocycles. The number of aromatic nitrogens is 4. The molecule has 37 heavy (non-hydrogen) atoms. The van der Waals surface area contributed by atoms with Crippen molar-refractivity contribution in [3.05, 3.63) is 65.9 Å². The first-order chi connectivity index (χ1) is 17.7. The summed E-state index contributed by atoms with van der Waals surface area (Å²) in [6.45, 7) is 5.39. The topological polar surface area (TPSA) is 128 Å². The average Bonchev–Trinajstić information content (AvgIpc) is 3.28. The minimum atomic E-state index is -0.412. The number of hydrogen-bond donors (Lipinski definition) is 2. The number of anilines is 2. The zero-order chi connectivity index (χ0) is 26.7. The number of pyridine rings is 1. The van der Waals surface area contributed by atoms with Crippen LogP contribution in [0.5, 0.6) is 5.75 Å². The molecular weight excluding hydrogens is 470 g/mol. The van der Waals surface area contributed by atoms with E-state index in [0.29, 0.717) is 39.7 Å². The highest BCUT2D eigenvalue weighted by molar-refractivity contribution is 6.06. The predicted molar refractivity (Wildman–Crippen MR) is 141 cm³/mol. The summed E-state index contributed by atoms with van der Waals surface area (Å²) in [6.07, 6.45) is 4.95. The predicted octanol–water partition coefficient (Wildman–Crippen LogP) is 3.49. The molecule has 0 saturated carbocycles. The first kappa shape index (κ1) is 25.2. The summed E-state index contributed by atoms with van der Waals surface area (Å²) < 4.78 is 7.36. The van der Waals surface area contributed by atoms with Gasteiger partial charge in [0, 0.05) is 31.2 Å². The third-order valence-corrected chi connectivity index (χ3v) is 5.99. The highest BCUT2D eigenvalue weighted by atomic mass is 16.5. The molecule has 0 fully saturated rings. The molecule has 1 aromatic carbocycles. The summed E-state index contributed by atoms with van der Waals surface area (Å²) in [4.78, 5) is 40.1. The van der Waals surface area contributed by atoms with Crippen LogP contribution in [0.15, 0.2) is 48.9 Å². The third kappa shape index (κ3) is 4.92. The van der Waals surface area contributed by atoms with Crippen molar-refractivity contribution in [2.45, 2.75) is 26.8 Å². The van der Waals surface area contributed by atoms with E-state index >= 15 is 0 Å². The van der Waals surface area contributed by atoms with Gasteiger partial charge in [0.2, 0.25) is 0 Å². The third-order valence-electron chi connectivity index (χ3n) is 5.99. The van der Waals surface area contributed by atoms with Gasteiger partial charge in [-0.3, -0.25) is 14.0 Å². The Balaban J connectivity index is 1.77. The van der Waals surface area contributed by atoms with E-state index < -0.39 is 6.04 Å². The van der Waals surface area contributed by atoms with Crippen molar-refractivity contribution >= 4 is 29.0 Å². The molecular formula is C27H27N7O3. The molecule has 2 amide bonds. The van der Waals surface area contributed by atoms with Crippen molar-refractivity contribution in [2.24, 2.45) is 0 Å². The molecule has 0 spiro atoms. The van der Waals surface area contributed by atoms with Gasteiger partial charge in [-0.1, -0.05) is 12.0 Å². The molecule has 0 bridgehead atoms. The summed E-state index contributed by atoms with van der Waals surface area (Å²) in [5.41, 5.74) is 9.36. The lowest BCUT2D eigenvalue weighted by molar-refractivity contribution is -0.125. The van der Waals surface area contributed by atoms with Gasteiger partial charge in [0.05, 0.1) is 18.7 Å². The minimum absolute atomic E-state index is 0.275. The van der Waals surface area contributed by atoms with E-state index in [1.54, 1.807) is 56.8 Å². The van der Waals surface area contributed by atoms with Gasteiger partial charge in [-0.15, -0.1) is 0 Å². The van der Waals surface area contributed by atoms with Gasteiger partial charge in [-0.2, -0.15) is 0 Å². The standard InChI is InChI=1S/C27H27N7O3/c1-6-7-22(35)33(4)17(3)26-32-23(24-25(28)30-12-13-34(24)26)18-8-9-19(20(15-18)37-5)27(36)31-21-14-16(2)10-11-29-21/h8-15,17H,1-5H3,(H2,28,30)(H,29,31,36)/t17-/m0/s1. The maximum atomic E-state index is 13.0. The van der Waals surface area contributed by atoms with Crippen LogP contribution in [-0.4, -0.2) is 50.2 Å². The number of nitrogens with one attached hydrogen (secondary N) is 1. The Kier molecular flexibility index (Phi) is 7.06. The second-order valence-corrected chi connectivity index (χ2v) is 8.40. The fourth-order valence-electron chi connectivity index (χ4n) is 3.94. The van der Waals surface area contributed by atoms with Crippen molar-refractivity contribution in [3.8, 4) is 28.8 Å². The van der Waals surface area contributed by atoms with Crippen molar-refractivity contribution in [3.63, 3.8) is 0 Å². The fourth-order valence-corrected chi connectivity index (χ4v) is 3.94. The first-order valence-electron chi connectivity index (χ1n) is 11.5. The number of nitrogen functional groups attached to an aromatic ring is 1. The van der Waals surface area contributed by atoms with Crippen LogP contribution >= 0.6 is 0 Å². The number of benzene rings is 1. The highest BCUT2D eigenvalue weighted by Gasteiger charge is 2.25. The monoisotopic (exact) mass is 497 g/mol. The molecule has 10 nitrogen and oxygen atoms in total. The van der Waals surface area contributed by atoms with Crippen LogP contribution in [0.1, 0.15) is 41.6 Å².